The average molecular weight is 285 g/mol. The van der Waals surface area contributed by atoms with Gasteiger partial charge in [-0.1, -0.05) is 24.3 Å². The van der Waals surface area contributed by atoms with Crippen LogP contribution in [0, 0.1) is 12.8 Å². The third-order valence-electron chi connectivity index (χ3n) is 4.05. The molecule has 2 aromatic rings. The molecule has 0 spiro atoms. The molecule has 3 atom stereocenters. The molecular formula is C17H19NO3. The van der Waals surface area contributed by atoms with Crippen LogP contribution in [-0.4, -0.2) is 17.6 Å². The van der Waals surface area contributed by atoms with Gasteiger partial charge in [-0.2, -0.15) is 0 Å². The van der Waals surface area contributed by atoms with E-state index in [1.807, 2.05) is 43.3 Å². The first-order valence-electron chi connectivity index (χ1n) is 7.21. The molecule has 1 aliphatic carbocycles. The number of amides is 1. The van der Waals surface area contributed by atoms with Crippen molar-refractivity contribution in [3.63, 3.8) is 0 Å². The zero-order valence-electron chi connectivity index (χ0n) is 12.0. The van der Waals surface area contributed by atoms with Crippen molar-refractivity contribution in [3.05, 3.63) is 59.5 Å². The summed E-state index contributed by atoms with van der Waals surface area (Å²) in [6, 6.07) is 11.4. The van der Waals surface area contributed by atoms with Crippen LogP contribution >= 0.6 is 0 Å². The lowest BCUT2D eigenvalue weighted by Gasteiger charge is -2.14. The third kappa shape index (κ3) is 3.00. The molecule has 21 heavy (non-hydrogen) atoms. The van der Waals surface area contributed by atoms with Crippen LogP contribution in [0.3, 0.4) is 0 Å². The van der Waals surface area contributed by atoms with Crippen molar-refractivity contribution in [2.75, 3.05) is 6.54 Å². The molecule has 0 aliphatic heterocycles. The van der Waals surface area contributed by atoms with Gasteiger partial charge >= 0.3 is 0 Å². The van der Waals surface area contributed by atoms with Gasteiger partial charge in [0, 0.05) is 18.4 Å². The number of hydrogen-bond donors (Lipinski definition) is 2. The molecule has 3 unspecified atom stereocenters. The van der Waals surface area contributed by atoms with Crippen LogP contribution in [0.4, 0.5) is 0 Å². The van der Waals surface area contributed by atoms with Crippen LogP contribution < -0.4 is 5.32 Å². The molecule has 1 amide bonds. The second-order valence-electron chi connectivity index (χ2n) is 5.58. The summed E-state index contributed by atoms with van der Waals surface area (Å²) < 4.78 is 5.32. The number of rotatable bonds is 5. The maximum Gasteiger partial charge on any atom is 0.223 e. The van der Waals surface area contributed by atoms with Gasteiger partial charge in [-0.05, 0) is 36.6 Å². The Labute approximate surface area is 123 Å². The second kappa shape index (κ2) is 5.74. The van der Waals surface area contributed by atoms with Crippen molar-refractivity contribution in [2.24, 2.45) is 5.92 Å². The van der Waals surface area contributed by atoms with Crippen molar-refractivity contribution in [3.8, 4) is 0 Å². The molecule has 0 radical (unpaired) electrons. The summed E-state index contributed by atoms with van der Waals surface area (Å²) in [5, 5.41) is 13.0. The predicted molar refractivity (Wildman–Crippen MR) is 78.7 cm³/mol. The Kier molecular flexibility index (Phi) is 3.80. The van der Waals surface area contributed by atoms with Crippen molar-refractivity contribution in [2.45, 2.75) is 25.4 Å². The summed E-state index contributed by atoms with van der Waals surface area (Å²) >= 11 is 0. The molecule has 1 fully saturated rings. The van der Waals surface area contributed by atoms with E-state index in [1.54, 1.807) is 6.26 Å². The first-order chi connectivity index (χ1) is 10.2. The van der Waals surface area contributed by atoms with Gasteiger partial charge in [0.2, 0.25) is 5.91 Å². The molecule has 0 bridgehead atoms. The number of aliphatic hydroxyl groups is 1. The van der Waals surface area contributed by atoms with Crippen molar-refractivity contribution in [1.29, 1.82) is 0 Å². The lowest BCUT2D eigenvalue weighted by molar-refractivity contribution is -0.122. The Bertz CT molecular complexity index is 621. The Balaban J connectivity index is 1.52. The Morgan fingerprint density at radius 1 is 1.38 bits per heavy atom. The highest BCUT2D eigenvalue weighted by Gasteiger charge is 2.45. The first kappa shape index (κ1) is 13.9. The lowest BCUT2D eigenvalue weighted by atomic mass is 10.0. The van der Waals surface area contributed by atoms with Gasteiger partial charge in [-0.15, -0.1) is 0 Å². The number of aryl methyl sites for hydroxylation is 1. The molecule has 1 heterocycles. The largest absolute Gasteiger partial charge is 0.469 e. The SMILES string of the molecule is Cc1ccccc1C(O)CNC(=O)C1CC1c1ccco1. The Hall–Kier alpha value is -2.07. The standard InChI is InChI=1S/C17H19NO3/c1-11-5-2-3-6-12(11)15(19)10-18-17(20)14-9-13(14)16-7-4-8-21-16/h2-8,13-15,19H,9-10H2,1H3,(H,18,20). The molecule has 1 saturated carbocycles. The van der Waals surface area contributed by atoms with Crippen LogP contribution in [0.2, 0.25) is 0 Å². The Morgan fingerprint density at radius 3 is 2.90 bits per heavy atom. The number of benzene rings is 1. The van der Waals surface area contributed by atoms with E-state index in [4.69, 9.17) is 4.42 Å². The van der Waals surface area contributed by atoms with E-state index >= 15 is 0 Å². The van der Waals surface area contributed by atoms with Gasteiger partial charge < -0.3 is 14.8 Å². The monoisotopic (exact) mass is 285 g/mol. The van der Waals surface area contributed by atoms with Gasteiger partial charge in [0.05, 0.1) is 12.4 Å². The first-order valence-corrected chi connectivity index (χ1v) is 7.21. The number of carbonyl (C=O) groups is 1. The summed E-state index contributed by atoms with van der Waals surface area (Å²) in [4.78, 5) is 12.1. The summed E-state index contributed by atoms with van der Waals surface area (Å²) in [5.41, 5.74) is 1.88. The number of carbonyl (C=O) groups excluding carboxylic acids is 1. The lowest BCUT2D eigenvalue weighted by Crippen LogP contribution is -2.30. The van der Waals surface area contributed by atoms with E-state index in [2.05, 4.69) is 5.32 Å². The Morgan fingerprint density at radius 2 is 2.19 bits per heavy atom. The predicted octanol–water partition coefficient (Wildman–Crippen LogP) is 2.54. The van der Waals surface area contributed by atoms with E-state index in [9.17, 15) is 9.90 Å². The smallest absolute Gasteiger partial charge is 0.223 e. The fraction of sp³-hybridized carbons (Fsp3) is 0.353. The van der Waals surface area contributed by atoms with E-state index in [0.29, 0.717) is 0 Å². The molecule has 1 aromatic carbocycles. The maximum absolute atomic E-state index is 12.1. The quantitative estimate of drug-likeness (QED) is 0.887. The minimum atomic E-state index is -0.670. The molecule has 110 valence electrons. The molecular weight excluding hydrogens is 266 g/mol. The fourth-order valence-electron chi connectivity index (χ4n) is 2.70. The number of furan rings is 1. The second-order valence-corrected chi connectivity index (χ2v) is 5.58. The van der Waals surface area contributed by atoms with Gasteiger partial charge in [0.15, 0.2) is 0 Å². The molecule has 0 saturated heterocycles. The zero-order valence-corrected chi connectivity index (χ0v) is 12.0. The highest BCUT2D eigenvalue weighted by atomic mass is 16.3. The number of nitrogens with one attached hydrogen (secondary N) is 1. The van der Waals surface area contributed by atoms with Crippen LogP contribution in [0.15, 0.2) is 47.1 Å². The molecule has 1 aliphatic rings. The zero-order chi connectivity index (χ0) is 14.8. The minimum Gasteiger partial charge on any atom is -0.469 e. The maximum atomic E-state index is 12.1. The van der Waals surface area contributed by atoms with E-state index in [1.165, 1.54) is 0 Å². The molecule has 1 aromatic heterocycles. The van der Waals surface area contributed by atoms with Gasteiger partial charge in [0.1, 0.15) is 5.76 Å². The molecule has 2 N–H and O–H groups in total. The van der Waals surface area contributed by atoms with Crippen LogP contribution in [0.1, 0.15) is 35.3 Å². The number of aliphatic hydroxyl groups excluding tert-OH is 1. The van der Waals surface area contributed by atoms with Crippen molar-refractivity contribution in [1.82, 2.24) is 5.32 Å². The number of hydrogen-bond acceptors (Lipinski definition) is 3. The van der Waals surface area contributed by atoms with Crippen molar-refractivity contribution < 1.29 is 14.3 Å². The molecule has 3 rings (SSSR count). The minimum absolute atomic E-state index is 0.0102. The highest BCUT2D eigenvalue weighted by Crippen LogP contribution is 2.47. The third-order valence-corrected chi connectivity index (χ3v) is 4.05. The van der Waals surface area contributed by atoms with E-state index in [0.717, 1.165) is 23.3 Å². The van der Waals surface area contributed by atoms with E-state index < -0.39 is 6.10 Å². The summed E-state index contributed by atoms with van der Waals surface area (Å²) in [7, 11) is 0. The van der Waals surface area contributed by atoms with Gasteiger partial charge in [-0.25, -0.2) is 0 Å². The summed E-state index contributed by atoms with van der Waals surface area (Å²) in [6.45, 7) is 2.19. The van der Waals surface area contributed by atoms with Gasteiger partial charge in [-0.3, -0.25) is 4.79 Å². The average Bonchev–Trinajstić information content (AvgIpc) is 3.10. The summed E-state index contributed by atoms with van der Waals surface area (Å²) in [6.07, 6.45) is 1.78. The van der Waals surface area contributed by atoms with Crippen molar-refractivity contribution >= 4 is 5.91 Å². The summed E-state index contributed by atoms with van der Waals surface area (Å²) in [5.74, 6) is 1.02. The van der Waals surface area contributed by atoms with Gasteiger partial charge in [0.25, 0.3) is 0 Å². The van der Waals surface area contributed by atoms with Crippen LogP contribution in [-0.2, 0) is 4.79 Å². The fourth-order valence-corrected chi connectivity index (χ4v) is 2.70. The highest BCUT2D eigenvalue weighted by molar-refractivity contribution is 5.82. The molecule has 4 heteroatoms. The van der Waals surface area contributed by atoms with Crippen LogP contribution in [0.25, 0.3) is 0 Å². The van der Waals surface area contributed by atoms with Crippen LogP contribution in [0.5, 0.6) is 0 Å². The topological polar surface area (TPSA) is 62.5 Å². The van der Waals surface area contributed by atoms with E-state index in [-0.39, 0.29) is 24.3 Å². The normalized spacial score (nSPS) is 21.8. The molecule has 4 nitrogen and oxygen atoms in total.